The number of nitrogens with one attached hydrogen (secondary N) is 1. The third-order valence-corrected chi connectivity index (χ3v) is 3.34. The summed E-state index contributed by atoms with van der Waals surface area (Å²) in [6.45, 7) is 2.69. The lowest BCUT2D eigenvalue weighted by atomic mass is 10.1. The molecule has 0 fully saturated rings. The molecular formula is C16H20IN3O3. The van der Waals surface area contributed by atoms with Crippen LogP contribution in [0.2, 0.25) is 0 Å². The fraction of sp³-hybridized carbons (Fsp3) is 0.312. The first-order valence-electron chi connectivity index (χ1n) is 7.05. The molecule has 2 amide bonds. The van der Waals surface area contributed by atoms with Gasteiger partial charge >= 0.3 is 6.09 Å². The van der Waals surface area contributed by atoms with Crippen LogP contribution in [0, 0.1) is 0 Å². The monoisotopic (exact) mass is 429 g/mol. The molecule has 23 heavy (non-hydrogen) atoms. The first-order chi connectivity index (χ1) is 10.5. The van der Waals surface area contributed by atoms with Crippen LogP contribution in [0.1, 0.15) is 17.3 Å². The number of ether oxygens (including phenoxy) is 1. The molecule has 0 aliphatic rings. The minimum Gasteiger partial charge on any atom is -1.00 e. The molecule has 0 unspecified atom stereocenters. The second kappa shape index (κ2) is 8.09. The van der Waals surface area contributed by atoms with Crippen LogP contribution < -0.4 is 38.6 Å². The first-order valence-corrected chi connectivity index (χ1v) is 7.05. The van der Waals surface area contributed by atoms with Crippen molar-refractivity contribution >= 4 is 22.9 Å². The highest BCUT2D eigenvalue weighted by molar-refractivity contribution is 5.97. The van der Waals surface area contributed by atoms with E-state index in [1.165, 1.54) is 4.90 Å². The van der Waals surface area contributed by atoms with Gasteiger partial charge in [0, 0.05) is 27.2 Å². The minimum absolute atomic E-state index is 0. The van der Waals surface area contributed by atoms with Gasteiger partial charge in [-0.05, 0) is 19.1 Å². The zero-order valence-corrected chi connectivity index (χ0v) is 15.7. The molecule has 0 aliphatic heterocycles. The summed E-state index contributed by atoms with van der Waals surface area (Å²) in [6.07, 6.45) is 1.33. The van der Waals surface area contributed by atoms with Gasteiger partial charge in [0.1, 0.15) is 17.9 Å². The normalized spacial score (nSPS) is 9.91. The zero-order valence-electron chi connectivity index (χ0n) is 13.6. The highest BCUT2D eigenvalue weighted by Crippen LogP contribution is 2.25. The lowest BCUT2D eigenvalue weighted by molar-refractivity contribution is -0.667. The molecule has 0 atom stereocenters. The van der Waals surface area contributed by atoms with Gasteiger partial charge in [0.15, 0.2) is 6.20 Å². The SMILES string of the molecule is CC[n+]1cc(C(=O)NC)cc2c(OC(=O)N(C)C)cccc21.[I-]. The second-order valence-corrected chi connectivity index (χ2v) is 5.05. The smallest absolute Gasteiger partial charge is 0.414 e. The molecular weight excluding hydrogens is 409 g/mol. The number of aryl methyl sites for hydroxylation is 1. The molecule has 0 bridgehead atoms. The topological polar surface area (TPSA) is 62.5 Å². The molecule has 1 aromatic heterocycles. The number of carbonyl (C=O) groups is 2. The number of benzene rings is 1. The van der Waals surface area contributed by atoms with Gasteiger partial charge in [0.05, 0.1) is 5.39 Å². The van der Waals surface area contributed by atoms with Crippen LogP contribution in [-0.4, -0.2) is 38.0 Å². The van der Waals surface area contributed by atoms with Gasteiger partial charge in [0.2, 0.25) is 5.52 Å². The predicted octanol–water partition coefficient (Wildman–Crippen LogP) is -1.43. The molecule has 0 spiro atoms. The van der Waals surface area contributed by atoms with E-state index in [0.717, 1.165) is 10.9 Å². The molecule has 2 aromatic rings. The Labute approximate surface area is 152 Å². The third-order valence-electron chi connectivity index (χ3n) is 3.34. The van der Waals surface area contributed by atoms with Gasteiger partial charge in [-0.25, -0.2) is 4.79 Å². The van der Waals surface area contributed by atoms with Gasteiger partial charge in [-0.3, -0.25) is 4.79 Å². The Morgan fingerprint density at radius 1 is 1.30 bits per heavy atom. The molecule has 6 nitrogen and oxygen atoms in total. The zero-order chi connectivity index (χ0) is 16.3. The molecule has 0 saturated carbocycles. The van der Waals surface area contributed by atoms with Crippen LogP contribution in [0.4, 0.5) is 4.79 Å². The average Bonchev–Trinajstić information content (AvgIpc) is 2.53. The lowest BCUT2D eigenvalue weighted by Crippen LogP contribution is -3.00. The molecule has 1 aromatic carbocycles. The highest BCUT2D eigenvalue weighted by atomic mass is 127. The maximum atomic E-state index is 11.9. The number of amides is 2. The molecule has 0 aliphatic carbocycles. The highest BCUT2D eigenvalue weighted by Gasteiger charge is 2.18. The van der Waals surface area contributed by atoms with Gasteiger partial charge < -0.3 is 38.9 Å². The van der Waals surface area contributed by atoms with E-state index in [1.807, 2.05) is 23.6 Å². The maximum Gasteiger partial charge on any atom is 0.414 e. The van der Waals surface area contributed by atoms with Crippen LogP contribution in [0.3, 0.4) is 0 Å². The molecule has 2 rings (SSSR count). The average molecular weight is 429 g/mol. The summed E-state index contributed by atoms with van der Waals surface area (Å²) in [6, 6.07) is 7.21. The van der Waals surface area contributed by atoms with Crippen molar-refractivity contribution in [3.63, 3.8) is 0 Å². The van der Waals surface area contributed by atoms with Crippen LogP contribution in [-0.2, 0) is 6.54 Å². The summed E-state index contributed by atoms with van der Waals surface area (Å²) in [4.78, 5) is 25.1. The van der Waals surface area contributed by atoms with Crippen molar-refractivity contribution in [3.05, 3.63) is 36.0 Å². The quantitative estimate of drug-likeness (QED) is 0.481. The molecule has 0 saturated heterocycles. The van der Waals surface area contributed by atoms with Crippen molar-refractivity contribution < 1.29 is 42.9 Å². The van der Waals surface area contributed by atoms with Crippen molar-refractivity contribution in [3.8, 4) is 5.75 Å². The number of hydrogen-bond donors (Lipinski definition) is 1. The Kier molecular flexibility index (Phi) is 6.74. The first kappa shape index (κ1) is 19.1. The number of aromatic nitrogens is 1. The van der Waals surface area contributed by atoms with E-state index >= 15 is 0 Å². The van der Waals surface area contributed by atoms with E-state index in [0.29, 0.717) is 17.9 Å². The Hall–Kier alpha value is -1.90. The summed E-state index contributed by atoms with van der Waals surface area (Å²) in [5.74, 6) is 0.252. The van der Waals surface area contributed by atoms with E-state index in [1.54, 1.807) is 39.5 Å². The molecule has 0 radical (unpaired) electrons. The molecule has 7 heteroatoms. The summed E-state index contributed by atoms with van der Waals surface area (Å²) in [5, 5.41) is 3.33. The maximum absolute atomic E-state index is 11.9. The Morgan fingerprint density at radius 3 is 2.57 bits per heavy atom. The Bertz CT molecular complexity index is 732. The number of hydrogen-bond acceptors (Lipinski definition) is 3. The van der Waals surface area contributed by atoms with Crippen LogP contribution >= 0.6 is 0 Å². The van der Waals surface area contributed by atoms with Crippen LogP contribution in [0.25, 0.3) is 10.9 Å². The molecule has 1 heterocycles. The van der Waals surface area contributed by atoms with E-state index in [-0.39, 0.29) is 29.9 Å². The molecule has 124 valence electrons. The Balaban J connectivity index is 0.00000264. The van der Waals surface area contributed by atoms with E-state index in [9.17, 15) is 9.59 Å². The van der Waals surface area contributed by atoms with Gasteiger partial charge in [-0.1, -0.05) is 6.07 Å². The summed E-state index contributed by atoms with van der Waals surface area (Å²) in [5.41, 5.74) is 1.42. The largest absolute Gasteiger partial charge is 1.00 e. The Morgan fingerprint density at radius 2 is 2.00 bits per heavy atom. The van der Waals surface area contributed by atoms with Crippen LogP contribution in [0.15, 0.2) is 30.5 Å². The number of fused-ring (bicyclic) bond motifs is 1. The van der Waals surface area contributed by atoms with E-state index in [2.05, 4.69) is 5.32 Å². The number of rotatable bonds is 3. The summed E-state index contributed by atoms with van der Waals surface area (Å²) in [7, 11) is 4.83. The number of halogens is 1. The number of carbonyl (C=O) groups excluding carboxylic acids is 2. The molecule has 1 N–H and O–H groups in total. The number of pyridine rings is 1. The van der Waals surface area contributed by atoms with Crippen molar-refractivity contribution in [2.75, 3.05) is 21.1 Å². The van der Waals surface area contributed by atoms with Gasteiger partial charge in [-0.2, -0.15) is 4.57 Å². The number of nitrogens with zero attached hydrogens (tertiary/aromatic N) is 2. The van der Waals surface area contributed by atoms with Crippen molar-refractivity contribution in [1.82, 2.24) is 10.2 Å². The summed E-state index contributed by atoms with van der Waals surface area (Å²) >= 11 is 0. The van der Waals surface area contributed by atoms with E-state index < -0.39 is 6.09 Å². The minimum atomic E-state index is -0.458. The van der Waals surface area contributed by atoms with Gasteiger partial charge in [0.25, 0.3) is 5.91 Å². The third kappa shape index (κ3) is 4.10. The summed E-state index contributed by atoms with van der Waals surface area (Å²) < 4.78 is 7.35. The van der Waals surface area contributed by atoms with Gasteiger partial charge in [-0.15, -0.1) is 0 Å². The van der Waals surface area contributed by atoms with Crippen molar-refractivity contribution in [2.24, 2.45) is 0 Å². The fourth-order valence-electron chi connectivity index (χ4n) is 2.16. The fourth-order valence-corrected chi connectivity index (χ4v) is 2.16. The predicted molar refractivity (Wildman–Crippen MR) is 82.9 cm³/mol. The second-order valence-electron chi connectivity index (χ2n) is 5.05. The van der Waals surface area contributed by atoms with Crippen molar-refractivity contribution in [1.29, 1.82) is 0 Å². The lowest BCUT2D eigenvalue weighted by Gasteiger charge is -2.12. The van der Waals surface area contributed by atoms with Crippen LogP contribution in [0.5, 0.6) is 5.75 Å². The standard InChI is InChI=1S/C16H19N3O3.HI/c1-5-19-10-11(15(20)17-2)9-12-13(19)7-6-8-14(12)22-16(21)18(3)4;/h6-10H,5H2,1-4H3;1H. The van der Waals surface area contributed by atoms with E-state index in [4.69, 9.17) is 4.74 Å². The van der Waals surface area contributed by atoms with Crippen molar-refractivity contribution in [2.45, 2.75) is 13.5 Å².